The average molecular weight is 770 g/mol. The SMILES string of the molecule is Cc1nnc2n1-c1sc(C#Cc3cnn(CCN4CCC(Nc5cccc6c5C(=O)N(C5CCC(=O)NC5=O)C6=O)CC4)c3)c(Cc3ccccc3)c1COC2. The summed E-state index contributed by atoms with van der Waals surface area (Å²) in [6.45, 7) is 6.14. The second-order valence-electron chi connectivity index (χ2n) is 14.5. The number of carbonyl (C=O) groups excluding carboxylic acids is 4. The van der Waals surface area contributed by atoms with E-state index in [1.54, 1.807) is 23.5 Å². The molecule has 9 rings (SSSR count). The summed E-state index contributed by atoms with van der Waals surface area (Å²) < 4.78 is 10.1. The molecule has 0 saturated carbocycles. The van der Waals surface area contributed by atoms with E-state index in [1.807, 2.05) is 36.1 Å². The van der Waals surface area contributed by atoms with Crippen molar-refractivity contribution in [2.75, 3.05) is 25.0 Å². The van der Waals surface area contributed by atoms with Crippen LogP contribution in [0.1, 0.15) is 85.2 Å². The van der Waals surface area contributed by atoms with E-state index in [0.717, 1.165) is 83.0 Å². The van der Waals surface area contributed by atoms with Gasteiger partial charge in [0.15, 0.2) is 5.82 Å². The van der Waals surface area contributed by atoms with E-state index >= 15 is 0 Å². The lowest BCUT2D eigenvalue weighted by Gasteiger charge is -2.33. The van der Waals surface area contributed by atoms with Crippen LogP contribution in [0.3, 0.4) is 0 Å². The molecule has 4 aliphatic heterocycles. The Morgan fingerprint density at radius 3 is 2.61 bits per heavy atom. The highest BCUT2D eigenvalue weighted by molar-refractivity contribution is 7.15. The highest BCUT2D eigenvalue weighted by Gasteiger charge is 2.45. The van der Waals surface area contributed by atoms with Gasteiger partial charge in [0.1, 0.15) is 23.5 Å². The molecule has 2 fully saturated rings. The number of benzene rings is 2. The van der Waals surface area contributed by atoms with Crippen molar-refractivity contribution in [2.45, 2.75) is 70.9 Å². The molecule has 284 valence electrons. The van der Waals surface area contributed by atoms with Gasteiger partial charge in [0.2, 0.25) is 11.8 Å². The number of ether oxygens (including phenoxy) is 1. The van der Waals surface area contributed by atoms with E-state index in [1.165, 1.54) is 11.1 Å². The number of imide groups is 2. The molecule has 14 nitrogen and oxygen atoms in total. The first kappa shape index (κ1) is 35.7. The van der Waals surface area contributed by atoms with Gasteiger partial charge in [-0.1, -0.05) is 48.2 Å². The third-order valence-electron chi connectivity index (χ3n) is 10.9. The second-order valence-corrected chi connectivity index (χ2v) is 15.5. The van der Waals surface area contributed by atoms with Crippen LogP contribution in [0.5, 0.6) is 0 Å². The van der Waals surface area contributed by atoms with E-state index in [9.17, 15) is 19.2 Å². The van der Waals surface area contributed by atoms with Crippen molar-refractivity contribution < 1.29 is 23.9 Å². The predicted octanol–water partition coefficient (Wildman–Crippen LogP) is 3.83. The number of nitrogens with zero attached hydrogens (tertiary/aromatic N) is 7. The fourth-order valence-electron chi connectivity index (χ4n) is 7.99. The largest absolute Gasteiger partial charge is 0.382 e. The smallest absolute Gasteiger partial charge is 0.264 e. The van der Waals surface area contributed by atoms with Crippen LogP contribution in [0.2, 0.25) is 0 Å². The number of nitrogens with one attached hydrogen (secondary N) is 2. The zero-order valence-electron chi connectivity index (χ0n) is 30.8. The molecular formula is C41H39N9O5S. The Balaban J connectivity index is 0.829. The van der Waals surface area contributed by atoms with Crippen molar-refractivity contribution in [1.29, 1.82) is 0 Å². The van der Waals surface area contributed by atoms with E-state index in [-0.39, 0.29) is 30.0 Å². The number of carbonyl (C=O) groups is 4. The molecule has 5 aromatic rings. The van der Waals surface area contributed by atoms with Crippen molar-refractivity contribution >= 4 is 40.7 Å². The summed E-state index contributed by atoms with van der Waals surface area (Å²) in [7, 11) is 0. The van der Waals surface area contributed by atoms with E-state index in [0.29, 0.717) is 18.9 Å². The van der Waals surface area contributed by atoms with E-state index in [4.69, 9.17) is 4.74 Å². The molecule has 0 radical (unpaired) electrons. The lowest BCUT2D eigenvalue weighted by Crippen LogP contribution is -2.54. The Morgan fingerprint density at radius 1 is 0.946 bits per heavy atom. The number of aromatic nitrogens is 5. The van der Waals surface area contributed by atoms with Gasteiger partial charge in [0.25, 0.3) is 11.8 Å². The standard InChI is InChI=1S/C41H39N9O5S/c1-25-45-46-35-24-55-23-31-30(20-26-6-3-2-4-7-26)34(56-41(31)49(25)35)12-10-27-21-42-48(22-27)19-18-47-16-14-28(15-17-47)43-32-9-5-8-29-37(32)40(54)50(39(29)53)33-11-13-36(51)44-38(33)52/h2-9,21-22,28,33,43H,11,13-20,23-24H2,1H3,(H,44,51,52). The van der Waals surface area contributed by atoms with Crippen molar-refractivity contribution in [2.24, 2.45) is 0 Å². The highest BCUT2D eigenvalue weighted by atomic mass is 32.1. The Morgan fingerprint density at radius 2 is 1.79 bits per heavy atom. The van der Waals surface area contributed by atoms with Gasteiger partial charge in [-0.2, -0.15) is 5.10 Å². The summed E-state index contributed by atoms with van der Waals surface area (Å²) in [4.78, 5) is 55.4. The minimum Gasteiger partial charge on any atom is -0.382 e. The van der Waals surface area contributed by atoms with Gasteiger partial charge in [0.05, 0.1) is 40.9 Å². The Hall–Kier alpha value is -5.95. The minimum atomic E-state index is -0.993. The molecule has 2 aromatic carbocycles. The molecule has 2 N–H and O–H groups in total. The first-order valence-electron chi connectivity index (χ1n) is 18.9. The maximum Gasteiger partial charge on any atom is 0.264 e. The van der Waals surface area contributed by atoms with Crippen LogP contribution in [0.4, 0.5) is 5.69 Å². The number of thiophene rings is 1. The molecule has 15 heteroatoms. The fraction of sp³-hybridized carbons (Fsp3) is 0.341. The summed E-state index contributed by atoms with van der Waals surface area (Å²) in [5.41, 5.74) is 5.52. The third kappa shape index (κ3) is 6.80. The molecule has 2 saturated heterocycles. The van der Waals surface area contributed by atoms with Crippen LogP contribution in [-0.2, 0) is 40.5 Å². The van der Waals surface area contributed by atoms with Crippen LogP contribution in [0, 0.1) is 18.8 Å². The summed E-state index contributed by atoms with van der Waals surface area (Å²) in [5.74, 6) is 6.45. The molecule has 56 heavy (non-hydrogen) atoms. The van der Waals surface area contributed by atoms with Crippen molar-refractivity contribution in [1.82, 2.24) is 39.7 Å². The molecule has 1 atom stereocenters. The maximum absolute atomic E-state index is 13.5. The van der Waals surface area contributed by atoms with Gasteiger partial charge >= 0.3 is 0 Å². The van der Waals surface area contributed by atoms with Crippen molar-refractivity contribution in [3.8, 4) is 16.8 Å². The van der Waals surface area contributed by atoms with Gasteiger partial charge < -0.3 is 15.0 Å². The predicted molar refractivity (Wildman–Crippen MR) is 206 cm³/mol. The molecule has 0 spiro atoms. The fourth-order valence-corrected chi connectivity index (χ4v) is 9.24. The van der Waals surface area contributed by atoms with Crippen LogP contribution in [-0.4, -0.2) is 89.7 Å². The van der Waals surface area contributed by atoms with Crippen molar-refractivity contribution in [3.05, 3.63) is 111 Å². The Labute approximate surface area is 326 Å². The van der Waals surface area contributed by atoms with Gasteiger partial charge in [-0.15, -0.1) is 21.5 Å². The summed E-state index contributed by atoms with van der Waals surface area (Å²) >= 11 is 1.66. The van der Waals surface area contributed by atoms with Gasteiger partial charge in [-0.25, -0.2) is 0 Å². The number of rotatable bonds is 8. The number of hydrogen-bond acceptors (Lipinski definition) is 11. The Kier molecular flexibility index (Phi) is 9.54. The number of piperidine rings is 2. The van der Waals surface area contributed by atoms with Gasteiger partial charge in [0, 0.05) is 49.5 Å². The molecule has 0 aliphatic carbocycles. The summed E-state index contributed by atoms with van der Waals surface area (Å²) in [6.07, 6.45) is 6.48. The first-order chi connectivity index (χ1) is 27.3. The zero-order chi connectivity index (χ0) is 38.3. The second kappa shape index (κ2) is 14.9. The molecular weight excluding hydrogens is 731 g/mol. The van der Waals surface area contributed by atoms with Crippen molar-refractivity contribution in [3.63, 3.8) is 0 Å². The van der Waals surface area contributed by atoms with Gasteiger partial charge in [-0.3, -0.25) is 38.6 Å². The Bertz CT molecular complexity index is 2430. The zero-order valence-corrected chi connectivity index (χ0v) is 31.6. The molecule has 0 bridgehead atoms. The first-order valence-corrected chi connectivity index (χ1v) is 19.7. The summed E-state index contributed by atoms with van der Waals surface area (Å²) in [5, 5.41) is 20.1. The highest BCUT2D eigenvalue weighted by Crippen LogP contribution is 2.37. The number of aryl methyl sites for hydroxylation is 1. The number of likely N-dealkylation sites (tertiary alicyclic amines) is 1. The monoisotopic (exact) mass is 769 g/mol. The summed E-state index contributed by atoms with van der Waals surface area (Å²) in [6, 6.07) is 14.7. The number of amides is 4. The molecule has 1 unspecified atom stereocenters. The molecule has 7 heterocycles. The quantitative estimate of drug-likeness (QED) is 0.176. The normalized spacial score (nSPS) is 18.5. The molecule has 4 aliphatic rings. The number of fused-ring (bicyclic) bond motifs is 4. The van der Waals surface area contributed by atoms with Crippen LogP contribution in [0.15, 0.2) is 60.9 Å². The number of hydrogen-bond donors (Lipinski definition) is 2. The average Bonchev–Trinajstić information content (AvgIpc) is 3.93. The number of anilines is 1. The maximum atomic E-state index is 13.5. The third-order valence-corrected chi connectivity index (χ3v) is 12.1. The van der Waals surface area contributed by atoms with Crippen LogP contribution >= 0.6 is 11.3 Å². The van der Waals surface area contributed by atoms with Crippen LogP contribution < -0.4 is 10.6 Å². The molecule has 4 amide bonds. The topological polar surface area (TPSA) is 157 Å². The molecule has 3 aromatic heterocycles. The van der Waals surface area contributed by atoms with E-state index < -0.39 is 29.7 Å². The minimum absolute atomic E-state index is 0.0831. The lowest BCUT2D eigenvalue weighted by atomic mass is 10.0. The van der Waals surface area contributed by atoms with E-state index in [2.05, 4.69) is 71.5 Å². The lowest BCUT2D eigenvalue weighted by molar-refractivity contribution is -0.136. The van der Waals surface area contributed by atoms with Gasteiger partial charge in [-0.05, 0) is 55.9 Å². The van der Waals surface area contributed by atoms with Crippen LogP contribution in [0.25, 0.3) is 5.00 Å².